The van der Waals surface area contributed by atoms with Crippen LogP contribution >= 0.6 is 0 Å². The van der Waals surface area contributed by atoms with Crippen molar-refractivity contribution in [3.05, 3.63) is 29.8 Å². The van der Waals surface area contributed by atoms with Gasteiger partial charge in [-0.25, -0.2) is 12.7 Å². The molecule has 0 aliphatic heterocycles. The van der Waals surface area contributed by atoms with Crippen LogP contribution in [0, 0.1) is 0 Å². The van der Waals surface area contributed by atoms with Crippen LogP contribution in [0.2, 0.25) is 0 Å². The van der Waals surface area contributed by atoms with Crippen LogP contribution in [0.1, 0.15) is 10.4 Å². The summed E-state index contributed by atoms with van der Waals surface area (Å²) in [4.78, 5) is 13.2. The molecule has 1 aromatic carbocycles. The number of carbonyl (C=O) groups excluding carboxylic acids is 1. The van der Waals surface area contributed by atoms with Gasteiger partial charge in [-0.05, 0) is 18.2 Å². The number of sulfonamides is 1. The second-order valence-electron chi connectivity index (χ2n) is 4.01. The summed E-state index contributed by atoms with van der Waals surface area (Å²) in [6, 6.07) is 6.02. The summed E-state index contributed by atoms with van der Waals surface area (Å²) in [7, 11) is 2.65. The minimum atomic E-state index is -3.50. The van der Waals surface area contributed by atoms with E-state index in [9.17, 15) is 13.2 Å². The van der Waals surface area contributed by atoms with Gasteiger partial charge in [-0.15, -0.1) is 0 Å². The summed E-state index contributed by atoms with van der Waals surface area (Å²) < 4.78 is 24.9. The molecule has 0 N–H and O–H groups in total. The van der Waals surface area contributed by atoms with Crippen molar-refractivity contribution < 1.29 is 13.2 Å². The molecular formula is C11H16N2O3S. The lowest BCUT2D eigenvalue weighted by atomic mass is 10.2. The Balaban J connectivity index is 3.24. The van der Waals surface area contributed by atoms with Crippen LogP contribution in [0.4, 0.5) is 0 Å². The molecule has 6 heteroatoms. The Hall–Kier alpha value is -1.40. The molecule has 0 saturated carbocycles. The average molecular weight is 256 g/mol. The number of amides is 1. The van der Waals surface area contributed by atoms with E-state index in [2.05, 4.69) is 0 Å². The lowest BCUT2D eigenvalue weighted by Gasteiger charge is -2.14. The Morgan fingerprint density at radius 3 is 2.18 bits per heavy atom. The largest absolute Gasteiger partial charge is 0.345 e. The Kier molecular flexibility index (Phi) is 3.90. The first-order chi connectivity index (χ1) is 7.76. The van der Waals surface area contributed by atoms with E-state index in [0.717, 1.165) is 4.31 Å². The van der Waals surface area contributed by atoms with Gasteiger partial charge < -0.3 is 4.90 Å². The number of benzene rings is 1. The molecule has 1 aromatic rings. The normalized spacial score (nSPS) is 11.6. The van der Waals surface area contributed by atoms with Crippen molar-refractivity contribution in [2.75, 3.05) is 28.2 Å². The lowest BCUT2D eigenvalue weighted by molar-refractivity contribution is 0.0827. The quantitative estimate of drug-likeness (QED) is 0.797. The van der Waals surface area contributed by atoms with Gasteiger partial charge >= 0.3 is 0 Å². The van der Waals surface area contributed by atoms with Crippen molar-refractivity contribution in [3.63, 3.8) is 0 Å². The highest BCUT2D eigenvalue weighted by Gasteiger charge is 2.18. The molecule has 0 radical (unpaired) electrons. The van der Waals surface area contributed by atoms with Crippen molar-refractivity contribution in [2.24, 2.45) is 0 Å². The number of nitrogens with zero attached hydrogens (tertiary/aromatic N) is 2. The maximum absolute atomic E-state index is 11.9. The van der Waals surface area contributed by atoms with Crippen LogP contribution < -0.4 is 0 Å². The van der Waals surface area contributed by atoms with Gasteiger partial charge in [-0.1, -0.05) is 6.07 Å². The van der Waals surface area contributed by atoms with E-state index in [1.165, 1.54) is 31.1 Å². The lowest BCUT2D eigenvalue weighted by Crippen LogP contribution is -2.24. The van der Waals surface area contributed by atoms with Crippen LogP contribution in [-0.2, 0) is 10.0 Å². The molecule has 0 atom stereocenters. The highest BCUT2D eigenvalue weighted by atomic mass is 32.2. The summed E-state index contributed by atoms with van der Waals surface area (Å²) in [6.07, 6.45) is 0. The second kappa shape index (κ2) is 4.85. The third kappa shape index (κ3) is 2.83. The summed E-state index contributed by atoms with van der Waals surface area (Å²) in [6.45, 7) is 0. The highest BCUT2D eigenvalue weighted by Crippen LogP contribution is 2.15. The monoisotopic (exact) mass is 256 g/mol. The fourth-order valence-electron chi connectivity index (χ4n) is 1.26. The molecule has 5 nitrogen and oxygen atoms in total. The van der Waals surface area contributed by atoms with Crippen LogP contribution in [-0.4, -0.2) is 51.7 Å². The van der Waals surface area contributed by atoms with Crippen LogP contribution in [0.25, 0.3) is 0 Å². The van der Waals surface area contributed by atoms with Gasteiger partial charge in [-0.2, -0.15) is 0 Å². The molecule has 1 amide bonds. The third-order valence-electron chi connectivity index (χ3n) is 2.27. The first kappa shape index (κ1) is 13.7. The minimum absolute atomic E-state index is 0.121. The molecule has 0 aromatic heterocycles. The number of hydrogen-bond donors (Lipinski definition) is 0. The van der Waals surface area contributed by atoms with Crippen LogP contribution in [0.5, 0.6) is 0 Å². The third-order valence-corrected chi connectivity index (χ3v) is 4.08. The Morgan fingerprint density at radius 1 is 1.12 bits per heavy atom. The minimum Gasteiger partial charge on any atom is -0.345 e. The van der Waals surface area contributed by atoms with Crippen molar-refractivity contribution >= 4 is 15.9 Å². The van der Waals surface area contributed by atoms with E-state index in [-0.39, 0.29) is 10.8 Å². The van der Waals surface area contributed by atoms with Crippen molar-refractivity contribution in [1.82, 2.24) is 9.21 Å². The van der Waals surface area contributed by atoms with E-state index in [1.807, 2.05) is 0 Å². The first-order valence-electron chi connectivity index (χ1n) is 5.01. The second-order valence-corrected chi connectivity index (χ2v) is 6.17. The fraction of sp³-hybridized carbons (Fsp3) is 0.364. The van der Waals surface area contributed by atoms with Gasteiger partial charge in [0.1, 0.15) is 0 Å². The van der Waals surface area contributed by atoms with E-state index in [4.69, 9.17) is 0 Å². The van der Waals surface area contributed by atoms with Gasteiger partial charge in [0.05, 0.1) is 4.90 Å². The molecule has 0 unspecified atom stereocenters. The zero-order valence-corrected chi connectivity index (χ0v) is 11.2. The molecule has 0 heterocycles. The molecule has 0 aliphatic carbocycles. The Bertz CT molecular complexity index is 521. The van der Waals surface area contributed by atoms with Crippen molar-refractivity contribution in [1.29, 1.82) is 0 Å². The molecule has 17 heavy (non-hydrogen) atoms. The van der Waals surface area contributed by atoms with Gasteiger partial charge in [0.25, 0.3) is 5.91 Å². The van der Waals surface area contributed by atoms with E-state index < -0.39 is 10.0 Å². The number of carbonyl (C=O) groups is 1. The topological polar surface area (TPSA) is 57.7 Å². The van der Waals surface area contributed by atoms with E-state index in [1.54, 1.807) is 26.2 Å². The standard InChI is InChI=1S/C11H16N2O3S/c1-12(2)11(14)9-6-5-7-10(8-9)17(15,16)13(3)4/h5-8H,1-4H3. The van der Waals surface area contributed by atoms with Gasteiger partial charge in [0, 0.05) is 33.8 Å². The molecule has 1 rings (SSSR count). The summed E-state index contributed by atoms with van der Waals surface area (Å²) >= 11 is 0. The maximum atomic E-state index is 11.9. The van der Waals surface area contributed by atoms with Crippen LogP contribution in [0.3, 0.4) is 0 Å². The summed E-state index contributed by atoms with van der Waals surface area (Å²) in [5.74, 6) is -0.221. The average Bonchev–Trinajstić information content (AvgIpc) is 2.27. The van der Waals surface area contributed by atoms with E-state index in [0.29, 0.717) is 5.56 Å². The molecule has 94 valence electrons. The predicted octanol–water partition coefficient (Wildman–Crippen LogP) is 0.639. The van der Waals surface area contributed by atoms with Crippen LogP contribution in [0.15, 0.2) is 29.2 Å². The van der Waals surface area contributed by atoms with Gasteiger partial charge in [0.2, 0.25) is 10.0 Å². The SMILES string of the molecule is CN(C)C(=O)c1cccc(S(=O)(=O)N(C)C)c1. The Morgan fingerprint density at radius 2 is 1.71 bits per heavy atom. The summed E-state index contributed by atoms with van der Waals surface area (Å²) in [5, 5.41) is 0. The molecule has 0 bridgehead atoms. The van der Waals surface area contributed by atoms with E-state index >= 15 is 0 Å². The zero-order chi connectivity index (χ0) is 13.2. The summed E-state index contributed by atoms with van der Waals surface area (Å²) in [5.41, 5.74) is 0.359. The van der Waals surface area contributed by atoms with Gasteiger partial charge in [0.15, 0.2) is 0 Å². The molecule has 0 aliphatic rings. The molecule has 0 fully saturated rings. The maximum Gasteiger partial charge on any atom is 0.253 e. The first-order valence-corrected chi connectivity index (χ1v) is 6.45. The fourth-order valence-corrected chi connectivity index (χ4v) is 2.21. The Labute approximate surface area is 102 Å². The molecule has 0 saturated heterocycles. The smallest absolute Gasteiger partial charge is 0.253 e. The van der Waals surface area contributed by atoms with Crippen molar-refractivity contribution in [2.45, 2.75) is 4.90 Å². The highest BCUT2D eigenvalue weighted by molar-refractivity contribution is 7.89. The number of rotatable bonds is 3. The zero-order valence-electron chi connectivity index (χ0n) is 10.3. The number of hydrogen-bond acceptors (Lipinski definition) is 3. The van der Waals surface area contributed by atoms with Crippen molar-refractivity contribution in [3.8, 4) is 0 Å². The molecule has 0 spiro atoms. The predicted molar refractivity (Wildman–Crippen MR) is 65.3 cm³/mol. The molecular weight excluding hydrogens is 240 g/mol. The van der Waals surface area contributed by atoms with Gasteiger partial charge in [-0.3, -0.25) is 4.79 Å².